The van der Waals surface area contributed by atoms with E-state index in [1.165, 1.54) is 32.1 Å². The van der Waals surface area contributed by atoms with Gasteiger partial charge in [0, 0.05) is 11.0 Å². The Bertz CT molecular complexity index is 772. The Balaban J connectivity index is 5.11. The van der Waals surface area contributed by atoms with Gasteiger partial charge in [-0.15, -0.1) is 11.8 Å². The number of rotatable bonds is 21. The zero-order valence-electron chi connectivity index (χ0n) is 22.3. The Morgan fingerprint density at radius 3 is 2.18 bits per heavy atom. The van der Waals surface area contributed by atoms with Crippen molar-refractivity contribution < 1.29 is 37.8 Å². The van der Waals surface area contributed by atoms with Crippen molar-refractivity contribution in [2.75, 3.05) is 12.3 Å². The van der Waals surface area contributed by atoms with Gasteiger partial charge in [-0.3, -0.25) is 14.4 Å². The van der Waals surface area contributed by atoms with Crippen molar-refractivity contribution in [3.8, 4) is 0 Å². The monoisotopic (exact) mass is 564 g/mol. The summed E-state index contributed by atoms with van der Waals surface area (Å²) in [7, 11) is 0. The highest BCUT2D eigenvalue weighted by Crippen LogP contribution is 2.22. The molecule has 0 unspecified atom stereocenters. The van der Waals surface area contributed by atoms with E-state index in [0.29, 0.717) is 6.42 Å². The fraction of sp³-hybridized carbons (Fsp3) is 0.667. The number of halogens is 3. The number of nitrogens with one attached hydrogen (secondary N) is 2. The minimum atomic E-state index is -5.21. The summed E-state index contributed by atoms with van der Waals surface area (Å²) in [4.78, 5) is 34.4. The lowest BCUT2D eigenvalue weighted by Gasteiger charge is -2.23. The molecule has 0 radical (unpaired) electrons. The first kappa shape index (κ1) is 35.7. The summed E-state index contributed by atoms with van der Waals surface area (Å²) in [6, 6.07) is -1.64. The van der Waals surface area contributed by atoms with Crippen molar-refractivity contribution in [1.29, 1.82) is 0 Å². The SMILES string of the molecule is CCCCCCCCC=CC=CC=C[C@H](SC[C@H](NC(=O)C(F)(F)F)C(=O)NCC(=O)O)[C@H](O)CCCC. The minimum absolute atomic E-state index is 0.298. The average Bonchev–Trinajstić information content (AvgIpc) is 2.86. The number of carbonyl (C=O) groups excluding carboxylic acids is 2. The molecular formula is C27H43F3N2O5S. The Morgan fingerprint density at radius 2 is 1.55 bits per heavy atom. The molecule has 2 amide bonds. The predicted octanol–water partition coefficient (Wildman–Crippen LogP) is 5.31. The normalized spacial score (nSPS) is 14.7. The van der Waals surface area contributed by atoms with Gasteiger partial charge in [0.1, 0.15) is 12.6 Å². The van der Waals surface area contributed by atoms with Gasteiger partial charge in [-0.25, -0.2) is 0 Å². The van der Waals surface area contributed by atoms with E-state index in [2.05, 4.69) is 13.0 Å². The van der Waals surface area contributed by atoms with Crippen LogP contribution in [0.5, 0.6) is 0 Å². The number of alkyl halides is 3. The van der Waals surface area contributed by atoms with Gasteiger partial charge in [0.05, 0.1) is 6.10 Å². The molecule has 0 aliphatic rings. The first-order valence-electron chi connectivity index (χ1n) is 13.2. The predicted molar refractivity (Wildman–Crippen MR) is 146 cm³/mol. The highest BCUT2D eigenvalue weighted by atomic mass is 32.2. The molecule has 0 aromatic heterocycles. The fourth-order valence-electron chi connectivity index (χ4n) is 3.31. The summed E-state index contributed by atoms with van der Waals surface area (Å²) in [5, 5.41) is 22.4. The van der Waals surface area contributed by atoms with Crippen molar-refractivity contribution >= 4 is 29.5 Å². The number of amides is 2. The lowest BCUT2D eigenvalue weighted by Crippen LogP contribution is -2.52. The molecule has 11 heteroatoms. The highest BCUT2D eigenvalue weighted by Gasteiger charge is 2.41. The second kappa shape index (κ2) is 21.6. The van der Waals surface area contributed by atoms with Gasteiger partial charge in [0.25, 0.3) is 0 Å². The number of carboxylic acid groups (broad SMARTS) is 1. The maximum absolute atomic E-state index is 12.7. The van der Waals surface area contributed by atoms with Crippen LogP contribution in [0.1, 0.15) is 78.1 Å². The highest BCUT2D eigenvalue weighted by molar-refractivity contribution is 8.00. The number of allylic oxidation sites excluding steroid dienone is 5. The molecule has 0 fully saturated rings. The summed E-state index contributed by atoms with van der Waals surface area (Å²) in [6.07, 6.45) is 15.4. The number of aliphatic hydroxyl groups excluding tert-OH is 1. The third-order valence-corrected chi connectivity index (χ3v) is 6.86. The number of hydrogen-bond acceptors (Lipinski definition) is 5. The van der Waals surface area contributed by atoms with E-state index in [-0.39, 0.29) is 5.75 Å². The largest absolute Gasteiger partial charge is 0.480 e. The fourth-order valence-corrected chi connectivity index (χ4v) is 4.52. The maximum atomic E-state index is 12.7. The number of aliphatic carboxylic acids is 1. The molecule has 0 spiro atoms. The second-order valence-electron chi connectivity index (χ2n) is 8.90. The molecule has 0 bridgehead atoms. The van der Waals surface area contributed by atoms with E-state index in [1.54, 1.807) is 23.5 Å². The number of carboxylic acids is 1. The molecular weight excluding hydrogens is 521 g/mol. The Hall–Kier alpha value is -2.27. The van der Waals surface area contributed by atoms with E-state index >= 15 is 0 Å². The summed E-state index contributed by atoms with van der Waals surface area (Å²) >= 11 is 1.01. The molecule has 7 nitrogen and oxygen atoms in total. The number of hydrogen-bond donors (Lipinski definition) is 4. The molecule has 0 saturated heterocycles. The van der Waals surface area contributed by atoms with E-state index < -0.39 is 47.9 Å². The third-order valence-electron chi connectivity index (χ3n) is 5.48. The summed E-state index contributed by atoms with van der Waals surface area (Å²) in [5.41, 5.74) is 0. The van der Waals surface area contributed by atoms with Gasteiger partial charge in [-0.05, 0) is 19.3 Å². The zero-order chi connectivity index (χ0) is 28.8. The third kappa shape index (κ3) is 18.9. The van der Waals surface area contributed by atoms with Crippen molar-refractivity contribution in [2.45, 2.75) is 102 Å². The van der Waals surface area contributed by atoms with Crippen molar-refractivity contribution in [2.24, 2.45) is 0 Å². The molecule has 218 valence electrons. The van der Waals surface area contributed by atoms with E-state index in [1.807, 2.05) is 24.4 Å². The molecule has 0 aromatic carbocycles. The van der Waals surface area contributed by atoms with Crippen LogP contribution in [0.15, 0.2) is 36.5 Å². The molecule has 4 N–H and O–H groups in total. The summed E-state index contributed by atoms with van der Waals surface area (Å²) < 4.78 is 38.2. The minimum Gasteiger partial charge on any atom is -0.480 e. The van der Waals surface area contributed by atoms with Crippen LogP contribution in [-0.4, -0.2) is 63.9 Å². The first-order valence-corrected chi connectivity index (χ1v) is 14.2. The quantitative estimate of drug-likeness (QED) is 0.111. The smallest absolute Gasteiger partial charge is 0.471 e. The number of carbonyl (C=O) groups is 3. The van der Waals surface area contributed by atoms with E-state index in [0.717, 1.165) is 37.4 Å². The molecule has 0 rings (SSSR count). The van der Waals surface area contributed by atoms with Gasteiger partial charge in [-0.1, -0.05) is 95.2 Å². The Labute approximate surface area is 228 Å². The topological polar surface area (TPSA) is 116 Å². The van der Waals surface area contributed by atoms with Crippen LogP contribution < -0.4 is 10.6 Å². The summed E-state index contributed by atoms with van der Waals surface area (Å²) in [5.74, 6) is -5.04. The van der Waals surface area contributed by atoms with E-state index in [4.69, 9.17) is 5.11 Å². The molecule has 3 atom stereocenters. The standard InChI is InChI=1S/C27H43F3N2O5S/c1-3-5-7-8-9-10-11-12-13-14-15-16-18-23(22(33)17-6-4-2)38-20-21(25(36)31-19-24(34)35)32-26(37)27(28,29)30/h12-16,18,21-23,33H,3-11,17,19-20H2,1-2H3,(H,31,36)(H,32,37)(H,34,35)/t21-,22+,23-/m0/s1. The van der Waals surface area contributed by atoms with Crippen molar-refractivity contribution in [1.82, 2.24) is 10.6 Å². The van der Waals surface area contributed by atoms with Gasteiger partial charge < -0.3 is 20.8 Å². The second-order valence-corrected chi connectivity index (χ2v) is 10.1. The lowest BCUT2D eigenvalue weighted by molar-refractivity contribution is -0.174. The van der Waals surface area contributed by atoms with Crippen LogP contribution >= 0.6 is 11.8 Å². The maximum Gasteiger partial charge on any atom is 0.471 e. The molecule has 0 aliphatic heterocycles. The van der Waals surface area contributed by atoms with Crippen molar-refractivity contribution in [3.05, 3.63) is 36.5 Å². The van der Waals surface area contributed by atoms with Crippen LogP contribution in [-0.2, 0) is 14.4 Å². The molecule has 0 aromatic rings. The molecule has 0 heterocycles. The van der Waals surface area contributed by atoms with Gasteiger partial charge in [0.15, 0.2) is 0 Å². The number of aliphatic hydroxyl groups is 1. The average molecular weight is 565 g/mol. The molecule has 0 saturated carbocycles. The Kier molecular flexibility index (Phi) is 20.3. The number of unbranched alkanes of at least 4 members (excludes halogenated alkanes) is 7. The van der Waals surface area contributed by atoms with Crippen LogP contribution in [0.3, 0.4) is 0 Å². The number of thioether (sulfide) groups is 1. The van der Waals surface area contributed by atoms with Gasteiger partial charge in [0.2, 0.25) is 5.91 Å². The first-order chi connectivity index (χ1) is 18.0. The lowest BCUT2D eigenvalue weighted by atomic mass is 10.1. The van der Waals surface area contributed by atoms with Crippen molar-refractivity contribution in [3.63, 3.8) is 0 Å². The van der Waals surface area contributed by atoms with E-state index in [9.17, 15) is 32.7 Å². The molecule has 0 aliphatic carbocycles. The van der Waals surface area contributed by atoms with Gasteiger partial charge in [-0.2, -0.15) is 13.2 Å². The van der Waals surface area contributed by atoms with Gasteiger partial charge >= 0.3 is 18.1 Å². The zero-order valence-corrected chi connectivity index (χ0v) is 23.2. The van der Waals surface area contributed by atoms with Crippen LogP contribution in [0, 0.1) is 0 Å². The van der Waals surface area contributed by atoms with Crippen LogP contribution in [0.2, 0.25) is 0 Å². The molecule has 38 heavy (non-hydrogen) atoms. The Morgan fingerprint density at radius 1 is 0.921 bits per heavy atom. The van der Waals surface area contributed by atoms with Crippen LogP contribution in [0.25, 0.3) is 0 Å². The van der Waals surface area contributed by atoms with Crippen LogP contribution in [0.4, 0.5) is 13.2 Å². The summed E-state index contributed by atoms with van der Waals surface area (Å²) in [6.45, 7) is 3.34.